The number of non-ortho nitro benzene ring substituents is 1. The summed E-state index contributed by atoms with van der Waals surface area (Å²) >= 11 is -0.195. The van der Waals surface area contributed by atoms with E-state index in [4.69, 9.17) is 14.2 Å². The summed E-state index contributed by atoms with van der Waals surface area (Å²) in [5.74, 6) is 1.29. The van der Waals surface area contributed by atoms with E-state index in [1.807, 2.05) is 4.94 Å². The molecule has 0 radical (unpaired) electrons. The van der Waals surface area contributed by atoms with Crippen LogP contribution in [0.1, 0.15) is 10.1 Å². The number of hydrogen-bond donors (Lipinski definition) is 1. The Balaban J connectivity index is 1.99. The Morgan fingerprint density at radius 1 is 1.10 bits per heavy atom. The Hall–Kier alpha value is -3.36. The van der Waals surface area contributed by atoms with Gasteiger partial charge in [-0.15, -0.1) is 0 Å². The molecule has 0 unspecified atom stereocenters. The molecule has 1 N–H and O–H groups in total. The molecule has 0 aliphatic carbocycles. The van der Waals surface area contributed by atoms with Gasteiger partial charge in [-0.3, -0.25) is 0 Å². The van der Waals surface area contributed by atoms with Crippen LogP contribution in [0.4, 0.5) is 5.69 Å². The number of hydrogen-bond acceptors (Lipinski definition) is 8. The molecule has 0 amide bonds. The summed E-state index contributed by atoms with van der Waals surface area (Å²) in [7, 11) is 4.51. The van der Waals surface area contributed by atoms with E-state index in [2.05, 4.69) is 10.1 Å². The molecule has 9 nitrogen and oxygen atoms in total. The van der Waals surface area contributed by atoms with Gasteiger partial charge in [-0.1, -0.05) is 0 Å². The van der Waals surface area contributed by atoms with Crippen molar-refractivity contribution < 1.29 is 24.3 Å². The van der Waals surface area contributed by atoms with E-state index in [-0.39, 0.29) is 25.9 Å². The topological polar surface area (TPSA) is 116 Å². The molecule has 29 heavy (non-hydrogen) atoms. The second-order valence-electron chi connectivity index (χ2n) is 5.70. The van der Waals surface area contributed by atoms with Gasteiger partial charge in [0.1, 0.15) is 0 Å². The van der Waals surface area contributed by atoms with Crippen molar-refractivity contribution in [2.24, 2.45) is 5.16 Å². The number of methoxy groups -OCH3 is 3. The second-order valence-corrected chi connectivity index (χ2v) is 7.50. The predicted octanol–water partition coefficient (Wildman–Crippen LogP) is 2.97. The standard InChI is InChI=1S/C19H17N3O6Se/c1-26-15-8-12(9-16(27-2)18(15)28-3)17(21-23)19-20-14(10-29-19)11-4-6-13(7-5-11)22(24)25/h4-10,23H,1-3H3. The molecule has 0 fully saturated rings. The van der Waals surface area contributed by atoms with Crippen LogP contribution >= 0.6 is 0 Å². The van der Waals surface area contributed by atoms with Crippen LogP contribution in [0.3, 0.4) is 0 Å². The average molecular weight is 462 g/mol. The van der Waals surface area contributed by atoms with Crippen molar-refractivity contribution >= 4 is 25.9 Å². The third kappa shape index (κ3) is 4.08. The summed E-state index contributed by atoms with van der Waals surface area (Å²) in [4.78, 5) is 16.9. The van der Waals surface area contributed by atoms with E-state index in [0.29, 0.717) is 33.1 Å². The van der Waals surface area contributed by atoms with E-state index in [0.717, 1.165) is 5.56 Å². The fourth-order valence-corrected chi connectivity index (χ4v) is 4.46. The molecule has 3 rings (SSSR count). The van der Waals surface area contributed by atoms with Crippen molar-refractivity contribution in [2.45, 2.75) is 0 Å². The molecule has 1 aromatic heterocycles. The zero-order chi connectivity index (χ0) is 21.0. The SMILES string of the molecule is COc1cc(C(=NO)c2nc(-c3ccc([N+](=O)[O-])cc3)c[se]2)cc(OC)c1OC. The molecule has 0 saturated heterocycles. The first-order valence-corrected chi connectivity index (χ1v) is 10.1. The molecule has 3 aromatic rings. The molecule has 0 aliphatic rings. The second kappa shape index (κ2) is 8.76. The van der Waals surface area contributed by atoms with E-state index in [1.54, 1.807) is 24.3 Å². The van der Waals surface area contributed by atoms with Crippen molar-refractivity contribution in [2.75, 3.05) is 21.3 Å². The number of nitrogens with zero attached hydrogens (tertiary/aromatic N) is 3. The Kier molecular flexibility index (Phi) is 6.16. The number of ether oxygens (including phenoxy) is 3. The summed E-state index contributed by atoms with van der Waals surface area (Å²) in [6.45, 7) is 0. The predicted molar refractivity (Wildman–Crippen MR) is 107 cm³/mol. The van der Waals surface area contributed by atoms with Crippen LogP contribution in [0.5, 0.6) is 17.2 Å². The molecule has 10 heteroatoms. The van der Waals surface area contributed by atoms with E-state index >= 15 is 0 Å². The number of nitro benzene ring substituents is 1. The van der Waals surface area contributed by atoms with Crippen molar-refractivity contribution in [3.05, 3.63) is 61.6 Å². The first-order valence-electron chi connectivity index (χ1n) is 8.25. The molecule has 0 aliphatic heterocycles. The molecule has 0 spiro atoms. The van der Waals surface area contributed by atoms with Gasteiger partial charge in [-0.25, -0.2) is 0 Å². The van der Waals surface area contributed by atoms with E-state index in [1.165, 1.54) is 33.5 Å². The van der Waals surface area contributed by atoms with Gasteiger partial charge in [-0.2, -0.15) is 0 Å². The first-order chi connectivity index (χ1) is 14.0. The third-order valence-corrected chi connectivity index (χ3v) is 5.90. The molecule has 2 aromatic carbocycles. The molecule has 150 valence electrons. The van der Waals surface area contributed by atoms with Gasteiger partial charge in [0.25, 0.3) is 0 Å². The summed E-state index contributed by atoms with van der Waals surface area (Å²) < 4.78 is 16.6. The van der Waals surface area contributed by atoms with Crippen molar-refractivity contribution in [3.8, 4) is 28.5 Å². The van der Waals surface area contributed by atoms with Crippen molar-refractivity contribution in [1.82, 2.24) is 4.98 Å². The van der Waals surface area contributed by atoms with E-state index < -0.39 is 4.92 Å². The van der Waals surface area contributed by atoms with Gasteiger partial charge in [0, 0.05) is 0 Å². The maximum absolute atomic E-state index is 10.8. The van der Waals surface area contributed by atoms with Gasteiger partial charge in [0.15, 0.2) is 0 Å². The van der Waals surface area contributed by atoms with Crippen LogP contribution in [0, 0.1) is 10.1 Å². The Morgan fingerprint density at radius 2 is 1.72 bits per heavy atom. The van der Waals surface area contributed by atoms with Crippen LogP contribution in [-0.2, 0) is 0 Å². The minimum absolute atomic E-state index is 0.0112. The fraction of sp³-hybridized carbons (Fsp3) is 0.158. The van der Waals surface area contributed by atoms with Gasteiger partial charge in [0.05, 0.1) is 0 Å². The zero-order valence-corrected chi connectivity index (χ0v) is 17.5. The molecular weight excluding hydrogens is 445 g/mol. The van der Waals surface area contributed by atoms with Gasteiger partial charge in [0.2, 0.25) is 0 Å². The summed E-state index contributed by atoms with van der Waals surface area (Å²) in [6.07, 6.45) is 0. The molecule has 0 saturated carbocycles. The molecule has 0 atom stereocenters. The Labute approximate surface area is 172 Å². The van der Waals surface area contributed by atoms with Gasteiger partial charge >= 0.3 is 172 Å². The normalized spacial score (nSPS) is 11.2. The summed E-state index contributed by atoms with van der Waals surface area (Å²) in [6, 6.07) is 9.50. The van der Waals surface area contributed by atoms with Crippen LogP contribution in [0.2, 0.25) is 0 Å². The van der Waals surface area contributed by atoms with Crippen molar-refractivity contribution in [1.29, 1.82) is 0 Å². The van der Waals surface area contributed by atoms with Crippen LogP contribution < -0.4 is 14.2 Å². The molecular formula is C19H17N3O6Se. The maximum atomic E-state index is 10.8. The number of nitro groups is 1. The van der Waals surface area contributed by atoms with Gasteiger partial charge < -0.3 is 0 Å². The zero-order valence-electron chi connectivity index (χ0n) is 15.8. The van der Waals surface area contributed by atoms with Crippen LogP contribution in [-0.4, -0.2) is 56.7 Å². The average Bonchev–Trinajstić information content (AvgIpc) is 3.23. The quantitative estimate of drug-likeness (QED) is 0.189. The van der Waals surface area contributed by atoms with Crippen molar-refractivity contribution in [3.63, 3.8) is 0 Å². The summed E-state index contributed by atoms with van der Waals surface area (Å²) in [5, 5.41) is 23.9. The number of benzene rings is 2. The van der Waals surface area contributed by atoms with E-state index in [9.17, 15) is 15.3 Å². The Bertz CT molecular complexity index is 1040. The monoisotopic (exact) mass is 463 g/mol. The van der Waals surface area contributed by atoms with Crippen LogP contribution in [0.15, 0.2) is 46.5 Å². The third-order valence-electron chi connectivity index (χ3n) is 4.12. The fourth-order valence-electron chi connectivity index (χ4n) is 2.71. The molecule has 0 bridgehead atoms. The van der Waals surface area contributed by atoms with Crippen LogP contribution in [0.25, 0.3) is 11.3 Å². The number of oxime groups is 1. The minimum atomic E-state index is -0.452. The molecule has 1 heterocycles. The van der Waals surface area contributed by atoms with Gasteiger partial charge in [-0.05, 0) is 0 Å². The first kappa shape index (κ1) is 20.4. The Morgan fingerprint density at radius 3 is 2.21 bits per heavy atom. The number of aromatic nitrogens is 1. The summed E-state index contributed by atoms with van der Waals surface area (Å²) in [5.41, 5.74) is 2.27. The number of rotatable bonds is 7.